The largest absolute Gasteiger partial charge is 0.456 e. The first kappa shape index (κ1) is 27.8. The second-order valence-electron chi connectivity index (χ2n) is 8.66. The highest BCUT2D eigenvalue weighted by atomic mass is 16.6. The SMILES string of the molecule is CC(=O)O[C@@H]([C@H](O)[C@H](C)N=C(c1ccccc1)c1ccccc1)[C@H](COCc1ccccc1)OC(C)=O. The molecule has 4 atom stereocenters. The van der Waals surface area contributed by atoms with E-state index in [-0.39, 0.29) is 13.2 Å². The van der Waals surface area contributed by atoms with Crippen molar-refractivity contribution in [2.45, 2.75) is 51.7 Å². The van der Waals surface area contributed by atoms with Crippen molar-refractivity contribution < 1.29 is 28.9 Å². The number of benzene rings is 3. The Morgan fingerprint density at radius 2 is 1.27 bits per heavy atom. The first-order valence-electron chi connectivity index (χ1n) is 12.2. The second-order valence-corrected chi connectivity index (χ2v) is 8.66. The van der Waals surface area contributed by atoms with Crippen LogP contribution in [0.25, 0.3) is 0 Å². The van der Waals surface area contributed by atoms with Gasteiger partial charge in [0.1, 0.15) is 6.10 Å². The number of ether oxygens (including phenoxy) is 3. The fourth-order valence-corrected chi connectivity index (χ4v) is 3.90. The molecule has 0 amide bonds. The van der Waals surface area contributed by atoms with E-state index >= 15 is 0 Å². The number of hydrogen-bond donors (Lipinski definition) is 1. The molecule has 7 nitrogen and oxygen atoms in total. The van der Waals surface area contributed by atoms with Crippen molar-refractivity contribution in [1.29, 1.82) is 0 Å². The van der Waals surface area contributed by atoms with Crippen molar-refractivity contribution in [1.82, 2.24) is 0 Å². The van der Waals surface area contributed by atoms with Crippen molar-refractivity contribution in [3.05, 3.63) is 108 Å². The molecule has 0 aliphatic rings. The van der Waals surface area contributed by atoms with Gasteiger partial charge in [-0.3, -0.25) is 14.6 Å². The molecule has 0 bridgehead atoms. The Bertz CT molecular complexity index is 1110. The van der Waals surface area contributed by atoms with E-state index in [1.807, 2.05) is 91.0 Å². The van der Waals surface area contributed by atoms with E-state index in [9.17, 15) is 14.7 Å². The molecule has 0 saturated heterocycles. The summed E-state index contributed by atoms with van der Waals surface area (Å²) < 4.78 is 16.7. The Labute approximate surface area is 217 Å². The van der Waals surface area contributed by atoms with Crippen molar-refractivity contribution in [3.63, 3.8) is 0 Å². The van der Waals surface area contributed by atoms with E-state index in [1.54, 1.807) is 6.92 Å². The van der Waals surface area contributed by atoms with Gasteiger partial charge in [-0.15, -0.1) is 0 Å². The van der Waals surface area contributed by atoms with Crippen LogP contribution in [-0.4, -0.2) is 53.7 Å². The molecule has 0 fully saturated rings. The molecule has 0 aliphatic carbocycles. The molecule has 1 N–H and O–H groups in total. The number of esters is 2. The van der Waals surface area contributed by atoms with Crippen LogP contribution in [0, 0.1) is 0 Å². The van der Waals surface area contributed by atoms with Crippen LogP contribution in [0.3, 0.4) is 0 Å². The highest BCUT2D eigenvalue weighted by Crippen LogP contribution is 2.19. The molecular weight excluding hydrogens is 470 g/mol. The van der Waals surface area contributed by atoms with Gasteiger partial charge in [-0.1, -0.05) is 91.0 Å². The van der Waals surface area contributed by atoms with Gasteiger partial charge in [-0.2, -0.15) is 0 Å². The summed E-state index contributed by atoms with van der Waals surface area (Å²) in [6.07, 6.45) is -3.51. The first-order valence-corrected chi connectivity index (χ1v) is 12.2. The minimum atomic E-state index is -1.28. The van der Waals surface area contributed by atoms with Gasteiger partial charge < -0.3 is 19.3 Å². The van der Waals surface area contributed by atoms with E-state index in [4.69, 9.17) is 19.2 Å². The molecule has 0 aromatic heterocycles. The average molecular weight is 504 g/mol. The van der Waals surface area contributed by atoms with Crippen LogP contribution in [-0.2, 0) is 30.4 Å². The van der Waals surface area contributed by atoms with E-state index in [1.165, 1.54) is 13.8 Å². The fraction of sp³-hybridized carbons (Fsp3) is 0.300. The molecule has 194 valence electrons. The maximum atomic E-state index is 12.0. The molecular formula is C30H33NO6. The number of rotatable bonds is 12. The minimum Gasteiger partial charge on any atom is -0.456 e. The zero-order valence-electron chi connectivity index (χ0n) is 21.3. The average Bonchev–Trinajstić information content (AvgIpc) is 2.90. The van der Waals surface area contributed by atoms with E-state index in [2.05, 4.69) is 0 Å². The van der Waals surface area contributed by atoms with Crippen LogP contribution < -0.4 is 0 Å². The Balaban J connectivity index is 1.87. The maximum absolute atomic E-state index is 12.0. The molecule has 0 saturated carbocycles. The molecule has 7 heteroatoms. The summed E-state index contributed by atoms with van der Waals surface area (Å²) in [6.45, 7) is 4.41. The van der Waals surface area contributed by atoms with E-state index < -0.39 is 36.3 Å². The summed E-state index contributed by atoms with van der Waals surface area (Å²) in [7, 11) is 0. The van der Waals surface area contributed by atoms with Gasteiger partial charge in [0.05, 0.1) is 25.0 Å². The van der Waals surface area contributed by atoms with Crippen LogP contribution in [0.4, 0.5) is 0 Å². The summed E-state index contributed by atoms with van der Waals surface area (Å²) in [6, 6.07) is 28.0. The third-order valence-electron chi connectivity index (χ3n) is 5.64. The van der Waals surface area contributed by atoms with Gasteiger partial charge in [0.15, 0.2) is 12.2 Å². The van der Waals surface area contributed by atoms with Gasteiger partial charge in [0.25, 0.3) is 0 Å². The Hall–Kier alpha value is -3.81. The van der Waals surface area contributed by atoms with E-state index in [0.29, 0.717) is 5.71 Å². The lowest BCUT2D eigenvalue weighted by atomic mass is 9.99. The number of aliphatic imine (C=N–C) groups is 1. The number of hydrogen-bond acceptors (Lipinski definition) is 7. The van der Waals surface area contributed by atoms with Gasteiger partial charge >= 0.3 is 11.9 Å². The topological polar surface area (TPSA) is 94.4 Å². The number of aliphatic hydroxyl groups excluding tert-OH is 1. The molecule has 3 aromatic carbocycles. The van der Waals surface area contributed by atoms with Crippen molar-refractivity contribution in [2.24, 2.45) is 4.99 Å². The third-order valence-corrected chi connectivity index (χ3v) is 5.64. The molecule has 0 unspecified atom stereocenters. The smallest absolute Gasteiger partial charge is 0.303 e. The van der Waals surface area contributed by atoms with Crippen LogP contribution in [0.1, 0.15) is 37.5 Å². The lowest BCUT2D eigenvalue weighted by molar-refractivity contribution is -0.181. The Morgan fingerprint density at radius 1 is 0.784 bits per heavy atom. The number of carbonyl (C=O) groups is 2. The van der Waals surface area contributed by atoms with Gasteiger partial charge in [0.2, 0.25) is 0 Å². The minimum absolute atomic E-state index is 0.0792. The van der Waals surface area contributed by atoms with Crippen LogP contribution >= 0.6 is 0 Å². The molecule has 37 heavy (non-hydrogen) atoms. The van der Waals surface area contributed by atoms with Gasteiger partial charge in [-0.05, 0) is 12.5 Å². The lowest BCUT2D eigenvalue weighted by Crippen LogP contribution is -2.49. The summed E-state index contributed by atoms with van der Waals surface area (Å²) in [4.78, 5) is 28.7. The maximum Gasteiger partial charge on any atom is 0.303 e. The standard InChI is InChI=1S/C30H33NO6/c1-21(31-28(25-15-9-5-10-16-25)26-17-11-6-12-18-26)29(34)30(37-23(3)33)27(36-22(2)32)20-35-19-24-13-7-4-8-14-24/h4-18,21,27,29-30,34H,19-20H2,1-3H3/t21-,27-,29+,30+/m0/s1. The molecule has 3 aromatic rings. The summed E-state index contributed by atoms with van der Waals surface area (Å²) in [5.41, 5.74) is 3.36. The Morgan fingerprint density at radius 3 is 1.76 bits per heavy atom. The zero-order valence-corrected chi connectivity index (χ0v) is 21.3. The number of aliphatic hydroxyl groups is 1. The lowest BCUT2D eigenvalue weighted by Gasteiger charge is -2.31. The van der Waals surface area contributed by atoms with Crippen LogP contribution in [0.5, 0.6) is 0 Å². The van der Waals surface area contributed by atoms with E-state index in [0.717, 1.165) is 16.7 Å². The molecule has 0 aliphatic heterocycles. The Kier molecular flexibility index (Phi) is 10.6. The zero-order chi connectivity index (χ0) is 26.6. The van der Waals surface area contributed by atoms with Crippen molar-refractivity contribution in [2.75, 3.05) is 6.61 Å². The van der Waals surface area contributed by atoms with Crippen molar-refractivity contribution in [3.8, 4) is 0 Å². The number of carbonyl (C=O) groups excluding carboxylic acids is 2. The summed E-state index contributed by atoms with van der Waals surface area (Å²) in [5, 5.41) is 11.3. The first-order chi connectivity index (χ1) is 17.8. The predicted octanol–water partition coefficient (Wildman–Crippen LogP) is 4.35. The molecule has 0 heterocycles. The summed E-state index contributed by atoms with van der Waals surface area (Å²) in [5.74, 6) is -1.20. The highest BCUT2D eigenvalue weighted by molar-refractivity contribution is 6.12. The number of nitrogens with zero attached hydrogens (tertiary/aromatic N) is 1. The van der Waals surface area contributed by atoms with Gasteiger partial charge in [-0.25, -0.2) is 0 Å². The fourth-order valence-electron chi connectivity index (χ4n) is 3.90. The molecule has 0 spiro atoms. The monoisotopic (exact) mass is 503 g/mol. The van der Waals surface area contributed by atoms with Crippen molar-refractivity contribution >= 4 is 17.7 Å². The highest BCUT2D eigenvalue weighted by Gasteiger charge is 2.37. The molecule has 3 rings (SSSR count). The normalized spacial score (nSPS) is 14.1. The molecule has 0 radical (unpaired) electrons. The second kappa shape index (κ2) is 14.1. The van der Waals surface area contributed by atoms with Gasteiger partial charge in [0, 0.05) is 25.0 Å². The summed E-state index contributed by atoms with van der Waals surface area (Å²) >= 11 is 0. The third kappa shape index (κ3) is 8.66. The van der Waals surface area contributed by atoms with Crippen LogP contribution in [0.2, 0.25) is 0 Å². The quantitative estimate of drug-likeness (QED) is 0.292. The van der Waals surface area contributed by atoms with Crippen LogP contribution in [0.15, 0.2) is 96.0 Å². The predicted molar refractivity (Wildman–Crippen MR) is 141 cm³/mol.